The first-order chi connectivity index (χ1) is 15.4. The summed E-state index contributed by atoms with van der Waals surface area (Å²) in [5.41, 5.74) is 0.985. The third-order valence-electron chi connectivity index (χ3n) is 5.37. The lowest BCUT2D eigenvalue weighted by atomic mass is 10.2. The number of hydrogen-bond acceptors (Lipinski definition) is 3. The number of aryl methyl sites for hydroxylation is 1. The van der Waals surface area contributed by atoms with E-state index in [0.29, 0.717) is 19.4 Å². The van der Waals surface area contributed by atoms with Crippen molar-refractivity contribution in [1.82, 2.24) is 4.31 Å². The van der Waals surface area contributed by atoms with Crippen LogP contribution in [-0.2, 0) is 14.4 Å². The van der Waals surface area contributed by atoms with Gasteiger partial charge in [-0.3, -0.25) is 0 Å². The van der Waals surface area contributed by atoms with Crippen molar-refractivity contribution in [3.8, 4) is 47.5 Å². The van der Waals surface area contributed by atoms with Crippen LogP contribution in [0.15, 0.2) is 29.2 Å². The van der Waals surface area contributed by atoms with Crippen LogP contribution >= 0.6 is 0 Å². The average Bonchev–Trinajstić information content (AvgIpc) is 2.73. The molecule has 1 aromatic rings. The monoisotopic (exact) mass is 481 g/mol. The van der Waals surface area contributed by atoms with E-state index >= 15 is 0 Å². The molecule has 0 aliphatic rings. The fraction of sp³-hybridized carbons (Fsp3) is 0.481. The fourth-order valence-electron chi connectivity index (χ4n) is 2.30. The van der Waals surface area contributed by atoms with Gasteiger partial charge in [-0.25, -0.2) is 12.7 Å². The van der Waals surface area contributed by atoms with Gasteiger partial charge in [0.25, 0.3) is 10.0 Å². The Kier molecular flexibility index (Phi) is 11.4. The Bertz CT molecular complexity index is 1130. The van der Waals surface area contributed by atoms with Crippen LogP contribution in [0.1, 0.15) is 52.5 Å². The molecule has 0 N–H and O–H groups in total. The minimum Gasteiger partial charge on any atom is -0.417 e. The molecule has 0 amide bonds. The van der Waals surface area contributed by atoms with Gasteiger partial charge in [-0.15, -0.1) is 0 Å². The molecule has 1 aromatic carbocycles. The molecule has 176 valence electrons. The van der Waals surface area contributed by atoms with E-state index in [0.717, 1.165) is 16.3 Å². The summed E-state index contributed by atoms with van der Waals surface area (Å²) in [6.07, 6.45) is 1.79. The first-order valence-electron chi connectivity index (χ1n) is 11.0. The highest BCUT2D eigenvalue weighted by atomic mass is 32.2. The van der Waals surface area contributed by atoms with Crippen molar-refractivity contribution < 1.29 is 12.8 Å². The summed E-state index contributed by atoms with van der Waals surface area (Å²) in [7, 11) is -5.51. The molecule has 33 heavy (non-hydrogen) atoms. The number of unbranched alkanes of at least 4 members (excludes halogenated alkanes) is 1. The minimum absolute atomic E-state index is 0.142. The van der Waals surface area contributed by atoms with Crippen molar-refractivity contribution in [1.29, 1.82) is 0 Å². The predicted molar refractivity (Wildman–Crippen MR) is 139 cm³/mol. The van der Waals surface area contributed by atoms with Crippen molar-refractivity contribution in [2.24, 2.45) is 0 Å². The molecule has 4 nitrogen and oxygen atoms in total. The second-order valence-electron chi connectivity index (χ2n) is 9.07. The molecule has 0 unspecified atom stereocenters. The normalized spacial score (nSPS) is 10.9. The molecule has 0 saturated carbocycles. The van der Waals surface area contributed by atoms with Crippen LogP contribution in [0.2, 0.25) is 18.1 Å². The number of rotatable bonds is 8. The zero-order valence-corrected chi connectivity index (χ0v) is 22.7. The van der Waals surface area contributed by atoms with Crippen LogP contribution in [-0.4, -0.2) is 34.2 Å². The lowest BCUT2D eigenvalue weighted by Gasteiger charge is -2.36. The maximum absolute atomic E-state index is 13.0. The van der Waals surface area contributed by atoms with Gasteiger partial charge in [0.05, 0.1) is 11.4 Å². The van der Waals surface area contributed by atoms with Gasteiger partial charge in [0.2, 0.25) is 0 Å². The number of benzene rings is 1. The summed E-state index contributed by atoms with van der Waals surface area (Å²) < 4.78 is 33.3. The number of sulfonamides is 1. The number of hydrogen-bond donors (Lipinski definition) is 0. The van der Waals surface area contributed by atoms with E-state index in [1.165, 1.54) is 0 Å². The maximum Gasteiger partial charge on any atom is 0.271 e. The molecule has 0 aliphatic heterocycles. The molecule has 0 saturated heterocycles. The van der Waals surface area contributed by atoms with E-state index < -0.39 is 18.3 Å². The molecule has 0 aromatic heterocycles. The van der Waals surface area contributed by atoms with E-state index in [4.69, 9.17) is 4.43 Å². The Morgan fingerprint density at radius 3 is 2.18 bits per heavy atom. The van der Waals surface area contributed by atoms with Gasteiger partial charge in [-0.2, -0.15) is 0 Å². The molecule has 6 heteroatoms. The third-order valence-corrected chi connectivity index (χ3v) is 11.6. The maximum atomic E-state index is 13.0. The van der Waals surface area contributed by atoms with Crippen molar-refractivity contribution in [3.05, 3.63) is 29.8 Å². The molecule has 1 rings (SSSR count). The molecule has 0 heterocycles. The van der Waals surface area contributed by atoms with Crippen LogP contribution in [0.3, 0.4) is 0 Å². The zero-order valence-electron chi connectivity index (χ0n) is 20.9. The van der Waals surface area contributed by atoms with Gasteiger partial charge < -0.3 is 4.43 Å². The first-order valence-corrected chi connectivity index (χ1v) is 15.4. The van der Waals surface area contributed by atoms with Crippen LogP contribution < -0.4 is 0 Å². The summed E-state index contributed by atoms with van der Waals surface area (Å²) in [5.74, 6) is 19.3. The summed E-state index contributed by atoms with van der Waals surface area (Å²) in [5, 5.41) is 0.185. The van der Waals surface area contributed by atoms with Gasteiger partial charge in [-0.05, 0) is 68.3 Å². The molecular weight excluding hydrogens is 446 g/mol. The minimum atomic E-state index is -3.77. The standard InChI is InChI=1S/C27H35NO3SSi/c1-8-9-10-12-15-22-28(32(29,30)26-20-18-25(2)19-21-26)23-16-13-11-14-17-24-31-33(6,7)27(3,4)5/h18-21H,14-15,17,22,24H2,1-7H3. The van der Waals surface area contributed by atoms with E-state index in [9.17, 15) is 8.42 Å². The summed E-state index contributed by atoms with van der Waals surface area (Å²) in [6.45, 7) is 15.5. The molecule has 0 aliphatic carbocycles. The zero-order chi connectivity index (χ0) is 25.0. The molecule has 0 radical (unpaired) electrons. The Morgan fingerprint density at radius 1 is 0.970 bits per heavy atom. The van der Waals surface area contributed by atoms with Crippen LogP contribution in [0, 0.1) is 54.4 Å². The smallest absolute Gasteiger partial charge is 0.271 e. The Hall–Kier alpha value is -2.61. The first kappa shape index (κ1) is 28.4. The van der Waals surface area contributed by atoms with Crippen molar-refractivity contribution in [3.63, 3.8) is 0 Å². The highest BCUT2D eigenvalue weighted by Gasteiger charge is 2.36. The van der Waals surface area contributed by atoms with Crippen LogP contribution in [0.4, 0.5) is 0 Å². The highest BCUT2D eigenvalue weighted by Crippen LogP contribution is 2.36. The van der Waals surface area contributed by atoms with E-state index in [2.05, 4.69) is 81.4 Å². The third kappa shape index (κ3) is 9.82. The van der Waals surface area contributed by atoms with Crippen molar-refractivity contribution in [2.45, 2.75) is 76.9 Å². The SMILES string of the molecule is CC#CC#CCCN(C#CC#CCCCO[Si](C)(C)C(C)(C)C)S(=O)(=O)c1ccc(C)cc1. The molecule has 0 bridgehead atoms. The predicted octanol–water partition coefficient (Wildman–Crippen LogP) is 5.17. The molecular formula is C27H35NO3SSi. The van der Waals surface area contributed by atoms with Gasteiger partial charge in [-0.1, -0.05) is 56.2 Å². The van der Waals surface area contributed by atoms with Gasteiger partial charge in [0, 0.05) is 31.4 Å². The van der Waals surface area contributed by atoms with Crippen LogP contribution in [0.5, 0.6) is 0 Å². The van der Waals surface area contributed by atoms with Gasteiger partial charge >= 0.3 is 0 Å². The quantitative estimate of drug-likeness (QED) is 0.223. The second kappa shape index (κ2) is 13.2. The summed E-state index contributed by atoms with van der Waals surface area (Å²) in [4.78, 5) is 0.194. The Labute approximate surface area is 202 Å². The Balaban J connectivity index is 2.83. The van der Waals surface area contributed by atoms with Crippen LogP contribution in [0.25, 0.3) is 0 Å². The van der Waals surface area contributed by atoms with E-state index in [1.54, 1.807) is 31.2 Å². The molecule has 0 spiro atoms. The second-order valence-corrected chi connectivity index (χ2v) is 15.7. The average molecular weight is 482 g/mol. The highest BCUT2D eigenvalue weighted by molar-refractivity contribution is 7.89. The molecule has 0 fully saturated rings. The van der Waals surface area contributed by atoms with Crippen molar-refractivity contribution in [2.75, 3.05) is 13.2 Å². The number of nitrogens with zero attached hydrogens (tertiary/aromatic N) is 1. The molecule has 0 atom stereocenters. The van der Waals surface area contributed by atoms with E-state index in [1.807, 2.05) is 6.92 Å². The lowest BCUT2D eigenvalue weighted by molar-refractivity contribution is 0.284. The summed E-state index contributed by atoms with van der Waals surface area (Å²) in [6, 6.07) is 9.39. The Morgan fingerprint density at radius 2 is 1.58 bits per heavy atom. The van der Waals surface area contributed by atoms with Gasteiger partial charge in [0.15, 0.2) is 8.32 Å². The fourth-order valence-corrected chi connectivity index (χ4v) is 4.62. The topological polar surface area (TPSA) is 46.6 Å². The lowest BCUT2D eigenvalue weighted by Crippen LogP contribution is -2.40. The summed E-state index contributed by atoms with van der Waals surface area (Å²) >= 11 is 0. The van der Waals surface area contributed by atoms with Crippen molar-refractivity contribution >= 4 is 18.3 Å². The van der Waals surface area contributed by atoms with Gasteiger partial charge in [0.1, 0.15) is 0 Å². The largest absolute Gasteiger partial charge is 0.417 e. The van der Waals surface area contributed by atoms with E-state index in [-0.39, 0.29) is 16.5 Å².